The summed E-state index contributed by atoms with van der Waals surface area (Å²) in [5.74, 6) is 0.559. The Balaban J connectivity index is 2.17. The molecule has 0 spiro atoms. The zero-order valence-electron chi connectivity index (χ0n) is 17.0. The van der Waals surface area contributed by atoms with Crippen LogP contribution in [0.5, 0.6) is 0 Å². The molecule has 2 N–H and O–H groups in total. The van der Waals surface area contributed by atoms with Crippen molar-refractivity contribution in [3.8, 4) is 0 Å². The van der Waals surface area contributed by atoms with Crippen LogP contribution in [-0.4, -0.2) is 25.2 Å². The summed E-state index contributed by atoms with van der Waals surface area (Å²) < 4.78 is 5.07. The summed E-state index contributed by atoms with van der Waals surface area (Å²) in [7, 11) is 0. The average molecular weight is 361 g/mol. The fourth-order valence-corrected chi connectivity index (χ4v) is 3.96. The molecule has 146 valence electrons. The predicted molar refractivity (Wildman–Crippen MR) is 110 cm³/mol. The monoisotopic (exact) mass is 360 g/mol. The van der Waals surface area contributed by atoms with Gasteiger partial charge in [0.25, 0.3) is 0 Å². The average Bonchev–Trinajstić information content (AvgIpc) is 2.60. The molecule has 1 aliphatic rings. The van der Waals surface area contributed by atoms with Crippen molar-refractivity contribution in [3.63, 3.8) is 0 Å². The Bertz CT molecular complexity index is 580. The third-order valence-electron chi connectivity index (χ3n) is 5.29. The molecule has 2 rings (SSSR count). The number of hydrogen-bond acceptors (Lipinski definition) is 4. The molecule has 0 heterocycles. The molecule has 1 aromatic carbocycles. The van der Waals surface area contributed by atoms with E-state index in [1.165, 1.54) is 32.1 Å². The first kappa shape index (κ1) is 20.6. The van der Waals surface area contributed by atoms with E-state index in [0.717, 1.165) is 23.5 Å². The van der Waals surface area contributed by atoms with Gasteiger partial charge < -0.3 is 15.4 Å². The Labute approximate surface area is 159 Å². The number of carbonyl (C=O) groups excluding carboxylic acids is 1. The van der Waals surface area contributed by atoms with Crippen LogP contribution in [0, 0.1) is 5.92 Å². The second-order valence-corrected chi connectivity index (χ2v) is 8.07. The quantitative estimate of drug-likeness (QED) is 0.516. The third kappa shape index (κ3) is 5.65. The van der Waals surface area contributed by atoms with E-state index < -0.39 is 0 Å². The number of rotatable bonds is 8. The highest BCUT2D eigenvalue weighted by Crippen LogP contribution is 2.34. The summed E-state index contributed by atoms with van der Waals surface area (Å²) in [4.78, 5) is 14.3. The normalized spacial score (nSPS) is 16.5. The summed E-state index contributed by atoms with van der Waals surface area (Å²) in [6.45, 7) is 9.89. The first-order valence-electron chi connectivity index (χ1n) is 10.2. The second kappa shape index (κ2) is 9.84. The minimum absolute atomic E-state index is 0.110. The van der Waals surface area contributed by atoms with Gasteiger partial charge >= 0.3 is 5.97 Å². The van der Waals surface area contributed by atoms with E-state index in [1.54, 1.807) is 0 Å². The van der Waals surface area contributed by atoms with E-state index in [0.29, 0.717) is 25.0 Å². The molecule has 1 aliphatic carbocycles. The van der Waals surface area contributed by atoms with Crippen LogP contribution in [0.4, 0.5) is 11.4 Å². The van der Waals surface area contributed by atoms with Crippen molar-refractivity contribution in [2.24, 2.45) is 5.92 Å². The minimum atomic E-state index is -0.147. The zero-order valence-corrected chi connectivity index (χ0v) is 17.0. The molecule has 1 aromatic rings. The molecule has 4 heteroatoms. The maximum absolute atomic E-state index is 11.8. The van der Waals surface area contributed by atoms with Crippen molar-refractivity contribution in [1.29, 1.82) is 0 Å². The molecule has 4 nitrogen and oxygen atoms in total. The molecular formula is C22H36N2O2. The number of nitrogens with zero attached hydrogens (tertiary/aromatic N) is 1. The summed E-state index contributed by atoms with van der Waals surface area (Å²) in [5.41, 5.74) is 9.55. The first-order chi connectivity index (χ1) is 12.4. The topological polar surface area (TPSA) is 55.6 Å². The predicted octanol–water partition coefficient (Wildman–Crippen LogP) is 5.12. The van der Waals surface area contributed by atoms with E-state index in [4.69, 9.17) is 10.5 Å². The lowest BCUT2D eigenvalue weighted by atomic mass is 9.92. The molecular weight excluding hydrogens is 324 g/mol. The SMILES string of the molecule is CCOC(=O)C[C@H](C)c1ccc(N(CC(C)C)C2CCCCC2)c(N)c1. The van der Waals surface area contributed by atoms with Gasteiger partial charge in [0.1, 0.15) is 0 Å². The molecule has 26 heavy (non-hydrogen) atoms. The second-order valence-electron chi connectivity index (χ2n) is 8.07. The number of benzene rings is 1. The largest absolute Gasteiger partial charge is 0.466 e. The van der Waals surface area contributed by atoms with E-state index in [9.17, 15) is 4.79 Å². The molecule has 1 fully saturated rings. The van der Waals surface area contributed by atoms with Gasteiger partial charge in [-0.1, -0.05) is 46.1 Å². The van der Waals surface area contributed by atoms with Crippen molar-refractivity contribution in [2.45, 2.75) is 78.2 Å². The summed E-state index contributed by atoms with van der Waals surface area (Å²) in [5, 5.41) is 0. The van der Waals surface area contributed by atoms with Crippen molar-refractivity contribution in [2.75, 3.05) is 23.8 Å². The van der Waals surface area contributed by atoms with Gasteiger partial charge in [0.15, 0.2) is 0 Å². The van der Waals surface area contributed by atoms with E-state index in [2.05, 4.69) is 43.9 Å². The molecule has 0 amide bonds. The Hall–Kier alpha value is -1.71. The maximum atomic E-state index is 11.8. The van der Waals surface area contributed by atoms with Crippen LogP contribution in [0.15, 0.2) is 18.2 Å². The van der Waals surface area contributed by atoms with Gasteiger partial charge in [-0.15, -0.1) is 0 Å². The zero-order chi connectivity index (χ0) is 19.1. The molecule has 0 aliphatic heterocycles. The number of hydrogen-bond donors (Lipinski definition) is 1. The summed E-state index contributed by atoms with van der Waals surface area (Å²) in [6, 6.07) is 6.93. The lowest BCUT2D eigenvalue weighted by Crippen LogP contribution is -2.39. The van der Waals surface area contributed by atoms with Gasteiger partial charge in [-0.2, -0.15) is 0 Å². The first-order valence-corrected chi connectivity index (χ1v) is 10.2. The van der Waals surface area contributed by atoms with Crippen molar-refractivity contribution < 1.29 is 9.53 Å². The van der Waals surface area contributed by atoms with Gasteiger partial charge in [0.05, 0.1) is 24.4 Å². The number of nitrogen functional groups attached to an aromatic ring is 1. The number of nitrogens with two attached hydrogens (primary N) is 1. The lowest BCUT2D eigenvalue weighted by molar-refractivity contribution is -0.143. The number of anilines is 2. The Morgan fingerprint density at radius 1 is 1.23 bits per heavy atom. The van der Waals surface area contributed by atoms with Crippen LogP contribution in [0.25, 0.3) is 0 Å². The highest BCUT2D eigenvalue weighted by atomic mass is 16.5. The van der Waals surface area contributed by atoms with Crippen LogP contribution in [-0.2, 0) is 9.53 Å². The summed E-state index contributed by atoms with van der Waals surface area (Å²) >= 11 is 0. The smallest absolute Gasteiger partial charge is 0.306 e. The maximum Gasteiger partial charge on any atom is 0.306 e. The number of ether oxygens (including phenoxy) is 1. The molecule has 0 unspecified atom stereocenters. The van der Waals surface area contributed by atoms with Crippen LogP contribution in [0.3, 0.4) is 0 Å². The van der Waals surface area contributed by atoms with Crippen LogP contribution < -0.4 is 10.6 Å². The van der Waals surface area contributed by atoms with Gasteiger partial charge in [-0.05, 0) is 49.3 Å². The molecule has 0 bridgehead atoms. The van der Waals surface area contributed by atoms with Gasteiger partial charge in [-0.25, -0.2) is 0 Å². The van der Waals surface area contributed by atoms with E-state index in [-0.39, 0.29) is 11.9 Å². The molecule has 0 radical (unpaired) electrons. The Morgan fingerprint density at radius 2 is 1.92 bits per heavy atom. The molecule has 0 saturated heterocycles. The van der Waals surface area contributed by atoms with Crippen molar-refractivity contribution in [1.82, 2.24) is 0 Å². The van der Waals surface area contributed by atoms with Gasteiger partial charge in [-0.3, -0.25) is 4.79 Å². The minimum Gasteiger partial charge on any atom is -0.466 e. The van der Waals surface area contributed by atoms with E-state index >= 15 is 0 Å². The Morgan fingerprint density at radius 3 is 2.50 bits per heavy atom. The van der Waals surface area contributed by atoms with Gasteiger partial charge in [0, 0.05) is 12.6 Å². The lowest BCUT2D eigenvalue weighted by Gasteiger charge is -2.38. The molecule has 0 aromatic heterocycles. The van der Waals surface area contributed by atoms with Gasteiger partial charge in [0.2, 0.25) is 0 Å². The van der Waals surface area contributed by atoms with Crippen LogP contribution in [0.1, 0.15) is 77.7 Å². The van der Waals surface area contributed by atoms with Crippen LogP contribution >= 0.6 is 0 Å². The highest BCUT2D eigenvalue weighted by molar-refractivity contribution is 5.72. The molecule has 1 saturated carbocycles. The van der Waals surface area contributed by atoms with Crippen molar-refractivity contribution >= 4 is 17.3 Å². The number of carbonyl (C=O) groups is 1. The van der Waals surface area contributed by atoms with E-state index in [1.807, 2.05) is 6.92 Å². The fourth-order valence-electron chi connectivity index (χ4n) is 3.96. The fraction of sp³-hybridized carbons (Fsp3) is 0.682. The van der Waals surface area contributed by atoms with Crippen molar-refractivity contribution in [3.05, 3.63) is 23.8 Å². The highest BCUT2D eigenvalue weighted by Gasteiger charge is 2.24. The summed E-state index contributed by atoms with van der Waals surface area (Å²) in [6.07, 6.45) is 6.89. The number of esters is 1. The third-order valence-corrected chi connectivity index (χ3v) is 5.29. The molecule has 1 atom stereocenters. The Kier molecular flexibility index (Phi) is 7.80. The van der Waals surface area contributed by atoms with Crippen LogP contribution in [0.2, 0.25) is 0 Å². The standard InChI is InChI=1S/C22H36N2O2/c1-5-26-22(25)13-17(4)18-11-12-21(20(23)14-18)24(15-16(2)3)19-9-7-6-8-10-19/h11-12,14,16-17,19H,5-10,13,15,23H2,1-4H3/t17-/m0/s1.